The van der Waals surface area contributed by atoms with Crippen molar-refractivity contribution < 1.29 is 9.84 Å². The van der Waals surface area contributed by atoms with Crippen LogP contribution in [0.2, 0.25) is 0 Å². The molecule has 1 aliphatic heterocycles. The van der Waals surface area contributed by atoms with Crippen LogP contribution in [-0.4, -0.2) is 10.7 Å². The summed E-state index contributed by atoms with van der Waals surface area (Å²) in [4.78, 5) is 0. The van der Waals surface area contributed by atoms with Gasteiger partial charge in [0.25, 0.3) is 0 Å². The van der Waals surface area contributed by atoms with E-state index in [4.69, 9.17) is 4.74 Å². The van der Waals surface area contributed by atoms with Crippen molar-refractivity contribution in [1.29, 1.82) is 0 Å². The molecule has 0 bridgehead atoms. The van der Waals surface area contributed by atoms with Gasteiger partial charge in [0, 0.05) is 0 Å². The third-order valence-corrected chi connectivity index (χ3v) is 3.21. The predicted molar refractivity (Wildman–Crippen MR) is 61.1 cm³/mol. The molecule has 0 fully saturated rings. The van der Waals surface area contributed by atoms with E-state index in [1.807, 2.05) is 33.8 Å². The molecule has 1 N–H and O–H groups in total. The summed E-state index contributed by atoms with van der Waals surface area (Å²) >= 11 is 0. The van der Waals surface area contributed by atoms with E-state index in [9.17, 15) is 5.11 Å². The van der Waals surface area contributed by atoms with Crippen molar-refractivity contribution in [3.8, 4) is 11.5 Å². The second-order valence-corrected chi connectivity index (χ2v) is 4.51. The van der Waals surface area contributed by atoms with Gasteiger partial charge in [-0.2, -0.15) is 0 Å². The number of phenols is 1. The zero-order chi connectivity index (χ0) is 11.2. The quantitative estimate of drug-likeness (QED) is 0.702. The van der Waals surface area contributed by atoms with Gasteiger partial charge in [0.05, 0.1) is 5.56 Å². The van der Waals surface area contributed by atoms with Crippen molar-refractivity contribution in [3.63, 3.8) is 0 Å². The van der Waals surface area contributed by atoms with E-state index < -0.39 is 0 Å². The van der Waals surface area contributed by atoms with Gasteiger partial charge in [0.15, 0.2) is 0 Å². The van der Waals surface area contributed by atoms with Crippen LogP contribution in [0.4, 0.5) is 0 Å². The molecule has 0 saturated carbocycles. The van der Waals surface area contributed by atoms with Crippen LogP contribution in [0, 0.1) is 0 Å². The van der Waals surface area contributed by atoms with Crippen LogP contribution in [0.1, 0.15) is 33.3 Å². The number of hydrogen-bond donors (Lipinski definition) is 1. The summed E-state index contributed by atoms with van der Waals surface area (Å²) in [6.07, 6.45) is 0. The van der Waals surface area contributed by atoms with Crippen molar-refractivity contribution in [2.24, 2.45) is 0 Å². The molecule has 1 aromatic rings. The van der Waals surface area contributed by atoms with Crippen LogP contribution < -0.4 is 4.74 Å². The molecule has 0 aliphatic carbocycles. The van der Waals surface area contributed by atoms with Crippen LogP contribution in [0.5, 0.6) is 11.5 Å². The minimum absolute atomic E-state index is 0.287. The molecular weight excluding hydrogens is 188 g/mol. The summed E-state index contributed by atoms with van der Waals surface area (Å²) < 4.78 is 5.86. The maximum Gasteiger partial charge on any atom is 0.131 e. The van der Waals surface area contributed by atoms with Crippen LogP contribution in [0.3, 0.4) is 0 Å². The highest BCUT2D eigenvalue weighted by molar-refractivity contribution is 5.78. The molecule has 0 spiro atoms. The van der Waals surface area contributed by atoms with Gasteiger partial charge in [-0.1, -0.05) is 6.07 Å². The lowest BCUT2D eigenvalue weighted by Crippen LogP contribution is -2.33. The highest BCUT2D eigenvalue weighted by Crippen LogP contribution is 2.43. The van der Waals surface area contributed by atoms with Crippen molar-refractivity contribution in [2.45, 2.75) is 33.3 Å². The van der Waals surface area contributed by atoms with Gasteiger partial charge >= 0.3 is 0 Å². The van der Waals surface area contributed by atoms with Crippen LogP contribution in [-0.2, 0) is 0 Å². The molecule has 1 aliphatic rings. The molecule has 0 atom stereocenters. The lowest BCUT2D eigenvalue weighted by Gasteiger charge is -2.35. The summed E-state index contributed by atoms with van der Waals surface area (Å²) in [7, 11) is 0. The van der Waals surface area contributed by atoms with Crippen molar-refractivity contribution in [1.82, 2.24) is 0 Å². The van der Waals surface area contributed by atoms with Gasteiger partial charge in [-0.05, 0) is 51.0 Å². The fraction of sp³-hybridized carbons (Fsp3) is 0.385. The fourth-order valence-electron chi connectivity index (χ4n) is 1.97. The van der Waals surface area contributed by atoms with Crippen LogP contribution in [0.25, 0.3) is 5.57 Å². The minimum Gasteiger partial charge on any atom is -0.507 e. The normalized spacial score (nSPS) is 18.4. The summed E-state index contributed by atoms with van der Waals surface area (Å²) in [5.41, 5.74) is 2.82. The Labute approximate surface area is 90.2 Å². The van der Waals surface area contributed by atoms with E-state index in [-0.39, 0.29) is 5.60 Å². The number of rotatable bonds is 0. The summed E-state index contributed by atoms with van der Waals surface area (Å²) in [6.45, 7) is 8.15. The molecule has 0 saturated heterocycles. The Morgan fingerprint density at radius 1 is 1.20 bits per heavy atom. The zero-order valence-corrected chi connectivity index (χ0v) is 9.59. The van der Waals surface area contributed by atoms with Gasteiger partial charge in [0.1, 0.15) is 17.1 Å². The molecule has 2 nitrogen and oxygen atoms in total. The molecule has 2 rings (SSSR count). The van der Waals surface area contributed by atoms with E-state index in [0.717, 1.165) is 22.5 Å². The third kappa shape index (κ3) is 1.41. The molecule has 0 radical (unpaired) electrons. The van der Waals surface area contributed by atoms with Crippen LogP contribution in [0.15, 0.2) is 23.8 Å². The maximum absolute atomic E-state index is 9.80. The van der Waals surface area contributed by atoms with Crippen LogP contribution >= 0.6 is 0 Å². The Bertz CT molecular complexity index is 442. The minimum atomic E-state index is -0.287. The predicted octanol–water partition coefficient (Wildman–Crippen LogP) is 3.36. The number of allylic oxidation sites excluding steroid dienone is 1. The SMILES string of the molecule is CC1=C(C)C(C)(C)Oc2cccc(O)c21. The van der Waals surface area contributed by atoms with E-state index in [1.54, 1.807) is 12.1 Å². The number of aromatic hydroxyl groups is 1. The monoisotopic (exact) mass is 204 g/mol. The highest BCUT2D eigenvalue weighted by Gasteiger charge is 2.31. The largest absolute Gasteiger partial charge is 0.507 e. The Hall–Kier alpha value is -1.44. The molecule has 80 valence electrons. The third-order valence-electron chi connectivity index (χ3n) is 3.21. The first kappa shape index (κ1) is 10.1. The fourth-order valence-corrected chi connectivity index (χ4v) is 1.97. The van der Waals surface area contributed by atoms with Gasteiger partial charge in [-0.15, -0.1) is 0 Å². The molecular formula is C13H16O2. The van der Waals surface area contributed by atoms with Gasteiger partial charge in [0.2, 0.25) is 0 Å². The van der Waals surface area contributed by atoms with Crippen molar-refractivity contribution >= 4 is 5.57 Å². The second-order valence-electron chi connectivity index (χ2n) is 4.51. The standard InChI is InChI=1S/C13H16O2/c1-8-9(2)13(3,4)15-11-7-5-6-10(14)12(8)11/h5-7,14H,1-4H3. The Kier molecular flexibility index (Phi) is 2.03. The lowest BCUT2D eigenvalue weighted by molar-refractivity contribution is 0.144. The van der Waals surface area contributed by atoms with E-state index in [2.05, 4.69) is 0 Å². The molecule has 0 aromatic heterocycles. The number of fused-ring (bicyclic) bond motifs is 1. The van der Waals surface area contributed by atoms with Gasteiger partial charge in [-0.3, -0.25) is 0 Å². The lowest BCUT2D eigenvalue weighted by atomic mass is 9.88. The topological polar surface area (TPSA) is 29.5 Å². The molecule has 15 heavy (non-hydrogen) atoms. The second kappa shape index (κ2) is 3.02. The Balaban J connectivity index is 2.71. The maximum atomic E-state index is 9.80. The van der Waals surface area contributed by atoms with Gasteiger partial charge in [-0.25, -0.2) is 0 Å². The van der Waals surface area contributed by atoms with E-state index in [0.29, 0.717) is 5.75 Å². The average Bonchev–Trinajstić information content (AvgIpc) is 2.13. The van der Waals surface area contributed by atoms with E-state index >= 15 is 0 Å². The summed E-state index contributed by atoms with van der Waals surface area (Å²) in [5, 5.41) is 9.80. The Morgan fingerprint density at radius 2 is 1.87 bits per heavy atom. The number of phenolic OH excluding ortho intramolecular Hbond substituents is 1. The highest BCUT2D eigenvalue weighted by atomic mass is 16.5. The first-order valence-corrected chi connectivity index (χ1v) is 5.13. The molecule has 0 amide bonds. The first-order chi connectivity index (χ1) is 6.93. The molecule has 1 heterocycles. The zero-order valence-electron chi connectivity index (χ0n) is 9.59. The smallest absolute Gasteiger partial charge is 0.131 e. The molecule has 2 heteroatoms. The molecule has 1 aromatic carbocycles. The Morgan fingerprint density at radius 3 is 2.53 bits per heavy atom. The van der Waals surface area contributed by atoms with Crippen molar-refractivity contribution in [3.05, 3.63) is 29.3 Å². The number of benzene rings is 1. The summed E-state index contributed by atoms with van der Waals surface area (Å²) in [5.74, 6) is 1.06. The van der Waals surface area contributed by atoms with Crippen molar-refractivity contribution in [2.75, 3.05) is 0 Å². The number of ether oxygens (including phenoxy) is 1. The average molecular weight is 204 g/mol. The van der Waals surface area contributed by atoms with Gasteiger partial charge < -0.3 is 9.84 Å². The summed E-state index contributed by atoms with van der Waals surface area (Å²) in [6, 6.07) is 5.39. The molecule has 0 unspecified atom stereocenters. The number of hydrogen-bond acceptors (Lipinski definition) is 2. The van der Waals surface area contributed by atoms with E-state index in [1.165, 1.54) is 0 Å². The first-order valence-electron chi connectivity index (χ1n) is 5.13.